The molecule has 2 aliphatic rings. The number of alkyl carbamates (subject to hydrolysis) is 1. The number of hydrogen-bond donors (Lipinski definition) is 2. The number of aliphatic hydroxyl groups excluding tert-OH is 1. The average molecular weight is 427 g/mol. The summed E-state index contributed by atoms with van der Waals surface area (Å²) in [6.07, 6.45) is 7.25. The van der Waals surface area contributed by atoms with Gasteiger partial charge in [0, 0.05) is 13.0 Å². The van der Waals surface area contributed by atoms with Gasteiger partial charge in [-0.05, 0) is 45.4 Å². The van der Waals surface area contributed by atoms with Crippen LogP contribution in [0.4, 0.5) is 4.79 Å². The first-order chi connectivity index (χ1) is 14.0. The highest BCUT2D eigenvalue weighted by molar-refractivity contribution is 5.68. The number of carbonyl (C=O) groups excluding carboxylic acids is 2. The summed E-state index contributed by atoms with van der Waals surface area (Å²) in [4.78, 5) is 25.8. The quantitative estimate of drug-likeness (QED) is 0.387. The van der Waals surface area contributed by atoms with Crippen LogP contribution in [-0.4, -0.2) is 59.1 Å². The van der Waals surface area contributed by atoms with Crippen molar-refractivity contribution < 1.29 is 24.2 Å². The summed E-state index contributed by atoms with van der Waals surface area (Å²) in [6.45, 7) is 10.7. The maximum absolute atomic E-state index is 12.4. The lowest BCUT2D eigenvalue weighted by Crippen LogP contribution is -2.50. The molecule has 3 atom stereocenters. The SMILES string of the molecule is CC(C)CCN(C=O)C1(CC(O)C(CC2CCCCC2)NC(=O)OC(C)(C)C)CO1. The molecule has 0 aromatic heterocycles. The fourth-order valence-electron chi connectivity index (χ4n) is 4.26. The van der Waals surface area contributed by atoms with E-state index in [0.29, 0.717) is 31.4 Å². The van der Waals surface area contributed by atoms with Crippen LogP contribution in [0.5, 0.6) is 0 Å². The number of nitrogens with one attached hydrogen (secondary N) is 1. The van der Waals surface area contributed by atoms with Gasteiger partial charge in [-0.3, -0.25) is 4.79 Å². The standard InChI is InChI=1S/C23H42N2O5/c1-17(2)11-12-25(16-26)23(15-29-23)14-20(27)19(13-18-9-7-6-8-10-18)24-21(28)30-22(3,4)5/h16-20,27H,6-15H2,1-5H3,(H,24,28). The fraction of sp³-hybridized carbons (Fsp3) is 0.913. The van der Waals surface area contributed by atoms with Gasteiger partial charge in [-0.25, -0.2) is 4.79 Å². The Morgan fingerprint density at radius 3 is 2.43 bits per heavy atom. The van der Waals surface area contributed by atoms with Gasteiger partial charge in [-0.15, -0.1) is 0 Å². The second-order valence-corrected chi connectivity index (χ2v) is 10.5. The van der Waals surface area contributed by atoms with Gasteiger partial charge >= 0.3 is 6.09 Å². The molecule has 1 saturated carbocycles. The predicted octanol–water partition coefficient (Wildman–Crippen LogP) is 3.83. The number of hydrogen-bond acceptors (Lipinski definition) is 5. The van der Waals surface area contributed by atoms with Crippen LogP contribution in [0, 0.1) is 11.8 Å². The molecule has 0 aromatic carbocycles. The Hall–Kier alpha value is -1.34. The highest BCUT2D eigenvalue weighted by Crippen LogP contribution is 2.37. The molecule has 1 heterocycles. The third-order valence-corrected chi connectivity index (χ3v) is 6.08. The van der Waals surface area contributed by atoms with E-state index in [-0.39, 0.29) is 6.42 Å². The Morgan fingerprint density at radius 2 is 1.93 bits per heavy atom. The van der Waals surface area contributed by atoms with E-state index in [0.717, 1.165) is 25.7 Å². The lowest BCUT2D eigenvalue weighted by Gasteiger charge is -2.34. The predicted molar refractivity (Wildman–Crippen MR) is 116 cm³/mol. The zero-order valence-corrected chi connectivity index (χ0v) is 19.5. The van der Waals surface area contributed by atoms with E-state index >= 15 is 0 Å². The lowest BCUT2D eigenvalue weighted by atomic mass is 9.83. The molecule has 1 saturated heterocycles. The number of carbonyl (C=O) groups is 2. The van der Waals surface area contributed by atoms with Crippen molar-refractivity contribution in [1.29, 1.82) is 0 Å². The molecule has 1 aliphatic heterocycles. The zero-order chi connectivity index (χ0) is 22.4. The van der Waals surface area contributed by atoms with Crippen molar-refractivity contribution >= 4 is 12.5 Å². The molecule has 1 aliphatic carbocycles. The zero-order valence-electron chi connectivity index (χ0n) is 19.5. The molecule has 174 valence electrons. The fourth-order valence-corrected chi connectivity index (χ4v) is 4.26. The molecule has 0 aromatic rings. The molecule has 30 heavy (non-hydrogen) atoms. The van der Waals surface area contributed by atoms with Crippen LogP contribution in [0.3, 0.4) is 0 Å². The van der Waals surface area contributed by atoms with E-state index in [1.165, 1.54) is 19.3 Å². The number of ether oxygens (including phenoxy) is 2. The average Bonchev–Trinajstić information content (AvgIpc) is 3.41. The second-order valence-electron chi connectivity index (χ2n) is 10.5. The molecule has 0 bridgehead atoms. The number of aliphatic hydroxyl groups is 1. The minimum absolute atomic E-state index is 0.289. The summed E-state index contributed by atoms with van der Waals surface area (Å²) >= 11 is 0. The van der Waals surface area contributed by atoms with Gasteiger partial charge in [-0.1, -0.05) is 46.0 Å². The normalized spacial score (nSPS) is 24.2. The minimum Gasteiger partial charge on any atom is -0.444 e. The first-order valence-corrected chi connectivity index (χ1v) is 11.6. The van der Waals surface area contributed by atoms with Crippen molar-refractivity contribution in [2.45, 2.75) is 109 Å². The summed E-state index contributed by atoms with van der Waals surface area (Å²) in [5.41, 5.74) is -1.35. The van der Waals surface area contributed by atoms with Gasteiger partial charge in [0.15, 0.2) is 5.72 Å². The summed E-state index contributed by atoms with van der Waals surface area (Å²) in [7, 11) is 0. The molecule has 2 amide bonds. The highest BCUT2D eigenvalue weighted by atomic mass is 16.6. The third kappa shape index (κ3) is 8.06. The monoisotopic (exact) mass is 426 g/mol. The van der Waals surface area contributed by atoms with E-state index in [1.54, 1.807) is 4.90 Å². The maximum atomic E-state index is 12.4. The smallest absolute Gasteiger partial charge is 0.407 e. The van der Waals surface area contributed by atoms with Crippen LogP contribution in [0.15, 0.2) is 0 Å². The van der Waals surface area contributed by atoms with Crippen LogP contribution < -0.4 is 5.32 Å². The van der Waals surface area contributed by atoms with Crippen molar-refractivity contribution in [3.05, 3.63) is 0 Å². The number of epoxide rings is 1. The third-order valence-electron chi connectivity index (χ3n) is 6.08. The van der Waals surface area contributed by atoms with Crippen molar-refractivity contribution in [3.63, 3.8) is 0 Å². The topological polar surface area (TPSA) is 91.4 Å². The molecule has 2 N–H and O–H groups in total. The van der Waals surface area contributed by atoms with Gasteiger partial charge in [-0.2, -0.15) is 0 Å². The van der Waals surface area contributed by atoms with Crippen LogP contribution in [0.1, 0.15) is 86.0 Å². The number of rotatable bonds is 11. The largest absolute Gasteiger partial charge is 0.444 e. The van der Waals surface area contributed by atoms with Gasteiger partial charge in [0.25, 0.3) is 0 Å². The minimum atomic E-state index is -0.816. The van der Waals surface area contributed by atoms with Crippen LogP contribution in [-0.2, 0) is 14.3 Å². The Balaban J connectivity index is 2.03. The van der Waals surface area contributed by atoms with Gasteiger partial charge in [0.2, 0.25) is 6.41 Å². The number of amides is 2. The van der Waals surface area contributed by atoms with E-state index in [4.69, 9.17) is 9.47 Å². The lowest BCUT2D eigenvalue weighted by molar-refractivity contribution is -0.125. The number of nitrogens with zero attached hydrogens (tertiary/aromatic N) is 1. The molecule has 3 unspecified atom stereocenters. The van der Waals surface area contributed by atoms with E-state index in [2.05, 4.69) is 19.2 Å². The molecular formula is C23H42N2O5. The van der Waals surface area contributed by atoms with E-state index < -0.39 is 29.6 Å². The van der Waals surface area contributed by atoms with Crippen molar-refractivity contribution in [3.8, 4) is 0 Å². The van der Waals surface area contributed by atoms with Crippen LogP contribution in [0.25, 0.3) is 0 Å². The molecule has 2 rings (SSSR count). The van der Waals surface area contributed by atoms with Gasteiger partial charge in [0.05, 0.1) is 18.8 Å². The Bertz CT molecular complexity index is 550. The molecule has 0 spiro atoms. The van der Waals surface area contributed by atoms with Gasteiger partial charge in [0.1, 0.15) is 5.60 Å². The highest BCUT2D eigenvalue weighted by Gasteiger charge is 2.52. The van der Waals surface area contributed by atoms with Crippen LogP contribution in [0.2, 0.25) is 0 Å². The van der Waals surface area contributed by atoms with E-state index in [9.17, 15) is 14.7 Å². The first-order valence-electron chi connectivity index (χ1n) is 11.6. The molecular weight excluding hydrogens is 384 g/mol. The summed E-state index contributed by atoms with van der Waals surface area (Å²) in [6, 6.07) is -0.428. The van der Waals surface area contributed by atoms with Crippen molar-refractivity contribution in [1.82, 2.24) is 10.2 Å². The van der Waals surface area contributed by atoms with Gasteiger partial charge < -0.3 is 24.8 Å². The second kappa shape index (κ2) is 10.8. The Morgan fingerprint density at radius 1 is 1.30 bits per heavy atom. The first kappa shape index (κ1) is 24.9. The summed E-state index contributed by atoms with van der Waals surface area (Å²) in [5, 5.41) is 14.0. The Labute approximate surface area is 181 Å². The van der Waals surface area contributed by atoms with Crippen molar-refractivity contribution in [2.75, 3.05) is 13.2 Å². The van der Waals surface area contributed by atoms with E-state index in [1.807, 2.05) is 20.8 Å². The molecule has 7 nitrogen and oxygen atoms in total. The molecule has 7 heteroatoms. The van der Waals surface area contributed by atoms with Crippen molar-refractivity contribution in [2.24, 2.45) is 11.8 Å². The Kier molecular flexibility index (Phi) is 8.98. The molecule has 0 radical (unpaired) electrons. The molecule has 2 fully saturated rings. The maximum Gasteiger partial charge on any atom is 0.407 e. The summed E-state index contributed by atoms with van der Waals surface area (Å²) in [5.74, 6) is 0.952. The van der Waals surface area contributed by atoms with Crippen LogP contribution >= 0.6 is 0 Å². The summed E-state index contributed by atoms with van der Waals surface area (Å²) < 4.78 is 11.1.